The molecule has 0 aliphatic carbocycles. The van der Waals surface area contributed by atoms with E-state index < -0.39 is 0 Å². The van der Waals surface area contributed by atoms with Crippen molar-refractivity contribution < 1.29 is 9.53 Å². The number of carbonyl (C=O) groups is 1. The van der Waals surface area contributed by atoms with E-state index in [0.29, 0.717) is 12.6 Å². The van der Waals surface area contributed by atoms with Crippen LogP contribution in [0.25, 0.3) is 0 Å². The van der Waals surface area contributed by atoms with Crippen LogP contribution in [0.4, 0.5) is 0 Å². The maximum atomic E-state index is 11.5. The SMILES string of the molecule is CCCC(CC)NC(CC)C(=O)OCC. The maximum Gasteiger partial charge on any atom is 0.323 e. The number of ether oxygens (including phenoxy) is 1. The van der Waals surface area contributed by atoms with Gasteiger partial charge in [0.1, 0.15) is 6.04 Å². The van der Waals surface area contributed by atoms with Crippen molar-refractivity contribution in [3.05, 3.63) is 0 Å². The van der Waals surface area contributed by atoms with Crippen molar-refractivity contribution >= 4 is 5.97 Å². The third kappa shape index (κ3) is 5.78. The standard InChI is InChI=1S/C12H25NO2/c1-5-9-10(6-2)13-11(7-3)12(14)15-8-4/h10-11,13H,5-9H2,1-4H3. The van der Waals surface area contributed by atoms with Gasteiger partial charge in [-0.2, -0.15) is 0 Å². The maximum absolute atomic E-state index is 11.5. The molecular formula is C12H25NO2. The van der Waals surface area contributed by atoms with Gasteiger partial charge in [0.2, 0.25) is 0 Å². The van der Waals surface area contributed by atoms with Crippen LogP contribution >= 0.6 is 0 Å². The van der Waals surface area contributed by atoms with Gasteiger partial charge in [-0.3, -0.25) is 4.79 Å². The molecular weight excluding hydrogens is 190 g/mol. The molecule has 0 fully saturated rings. The number of hydrogen-bond acceptors (Lipinski definition) is 3. The highest BCUT2D eigenvalue weighted by atomic mass is 16.5. The Morgan fingerprint density at radius 2 is 1.87 bits per heavy atom. The summed E-state index contributed by atoms with van der Waals surface area (Å²) in [5.41, 5.74) is 0. The van der Waals surface area contributed by atoms with E-state index in [1.54, 1.807) is 0 Å². The Morgan fingerprint density at radius 3 is 2.27 bits per heavy atom. The van der Waals surface area contributed by atoms with Gasteiger partial charge in [-0.05, 0) is 26.2 Å². The van der Waals surface area contributed by atoms with Crippen LogP contribution < -0.4 is 5.32 Å². The number of esters is 1. The van der Waals surface area contributed by atoms with Crippen LogP contribution in [0.15, 0.2) is 0 Å². The van der Waals surface area contributed by atoms with E-state index in [2.05, 4.69) is 19.2 Å². The van der Waals surface area contributed by atoms with Crippen molar-refractivity contribution in [2.75, 3.05) is 6.61 Å². The molecule has 15 heavy (non-hydrogen) atoms. The summed E-state index contributed by atoms with van der Waals surface area (Å²) in [6, 6.07) is 0.297. The second-order valence-electron chi connectivity index (χ2n) is 3.77. The fraction of sp³-hybridized carbons (Fsp3) is 0.917. The molecule has 3 heteroatoms. The number of rotatable bonds is 8. The van der Waals surface area contributed by atoms with E-state index in [1.807, 2.05) is 13.8 Å². The van der Waals surface area contributed by atoms with Crippen molar-refractivity contribution in [2.45, 2.75) is 65.5 Å². The first kappa shape index (κ1) is 14.4. The van der Waals surface area contributed by atoms with Gasteiger partial charge in [0.05, 0.1) is 6.61 Å². The third-order valence-corrected chi connectivity index (χ3v) is 2.55. The number of carbonyl (C=O) groups excluding carboxylic acids is 1. The Bertz CT molecular complexity index is 171. The minimum Gasteiger partial charge on any atom is -0.465 e. The van der Waals surface area contributed by atoms with E-state index in [9.17, 15) is 4.79 Å². The fourth-order valence-electron chi connectivity index (χ4n) is 1.63. The van der Waals surface area contributed by atoms with Crippen LogP contribution in [0.2, 0.25) is 0 Å². The van der Waals surface area contributed by atoms with Gasteiger partial charge >= 0.3 is 5.97 Å². The van der Waals surface area contributed by atoms with Crippen molar-refractivity contribution in [1.29, 1.82) is 0 Å². The molecule has 0 saturated heterocycles. The lowest BCUT2D eigenvalue weighted by Crippen LogP contribution is -2.43. The third-order valence-electron chi connectivity index (χ3n) is 2.55. The molecule has 0 amide bonds. The van der Waals surface area contributed by atoms with E-state index in [0.717, 1.165) is 25.7 Å². The quantitative estimate of drug-likeness (QED) is 0.632. The summed E-state index contributed by atoms with van der Waals surface area (Å²) < 4.78 is 5.02. The molecule has 0 bridgehead atoms. The second kappa shape index (κ2) is 8.72. The molecule has 2 unspecified atom stereocenters. The molecule has 2 atom stereocenters. The van der Waals surface area contributed by atoms with Crippen LogP contribution in [0.5, 0.6) is 0 Å². The summed E-state index contributed by atoms with van der Waals surface area (Å²) in [5.74, 6) is -0.116. The van der Waals surface area contributed by atoms with Gasteiger partial charge in [0.25, 0.3) is 0 Å². The Kier molecular flexibility index (Phi) is 8.38. The molecule has 0 aliphatic heterocycles. The Labute approximate surface area is 93.6 Å². The summed E-state index contributed by atoms with van der Waals surface area (Å²) in [6.07, 6.45) is 4.11. The average molecular weight is 215 g/mol. The Hall–Kier alpha value is -0.570. The Morgan fingerprint density at radius 1 is 1.20 bits per heavy atom. The summed E-state index contributed by atoms with van der Waals surface area (Å²) in [7, 11) is 0. The lowest BCUT2D eigenvalue weighted by Gasteiger charge is -2.22. The average Bonchev–Trinajstić information content (AvgIpc) is 2.24. The number of hydrogen-bond donors (Lipinski definition) is 1. The monoisotopic (exact) mass is 215 g/mol. The lowest BCUT2D eigenvalue weighted by molar-refractivity contribution is -0.146. The van der Waals surface area contributed by atoms with E-state index in [-0.39, 0.29) is 12.0 Å². The highest BCUT2D eigenvalue weighted by Gasteiger charge is 2.19. The van der Waals surface area contributed by atoms with Crippen molar-refractivity contribution in [3.63, 3.8) is 0 Å². The molecule has 0 saturated carbocycles. The van der Waals surface area contributed by atoms with Crippen LogP contribution in [-0.4, -0.2) is 24.7 Å². The van der Waals surface area contributed by atoms with Crippen molar-refractivity contribution in [3.8, 4) is 0 Å². The summed E-state index contributed by atoms with van der Waals surface area (Å²) in [5, 5.41) is 3.36. The zero-order valence-corrected chi connectivity index (χ0v) is 10.5. The van der Waals surface area contributed by atoms with E-state index in [4.69, 9.17) is 4.74 Å². The van der Waals surface area contributed by atoms with Gasteiger partial charge in [-0.15, -0.1) is 0 Å². The molecule has 1 N–H and O–H groups in total. The van der Waals surface area contributed by atoms with Gasteiger partial charge in [0.15, 0.2) is 0 Å². The van der Waals surface area contributed by atoms with Gasteiger partial charge in [-0.1, -0.05) is 27.2 Å². The molecule has 0 aromatic carbocycles. The van der Waals surface area contributed by atoms with Crippen LogP contribution in [0.1, 0.15) is 53.4 Å². The van der Waals surface area contributed by atoms with Crippen LogP contribution in [-0.2, 0) is 9.53 Å². The van der Waals surface area contributed by atoms with Crippen molar-refractivity contribution in [1.82, 2.24) is 5.32 Å². The highest BCUT2D eigenvalue weighted by molar-refractivity contribution is 5.75. The summed E-state index contributed by atoms with van der Waals surface area (Å²) in [6.45, 7) is 8.61. The van der Waals surface area contributed by atoms with Gasteiger partial charge in [-0.25, -0.2) is 0 Å². The van der Waals surface area contributed by atoms with Gasteiger partial charge in [0, 0.05) is 6.04 Å². The first-order valence-electron chi connectivity index (χ1n) is 6.12. The summed E-state index contributed by atoms with van der Waals surface area (Å²) in [4.78, 5) is 11.5. The predicted octanol–water partition coefficient (Wildman–Crippen LogP) is 2.50. The zero-order chi connectivity index (χ0) is 11.7. The molecule has 3 nitrogen and oxygen atoms in total. The van der Waals surface area contributed by atoms with Crippen LogP contribution in [0, 0.1) is 0 Å². The molecule has 0 rings (SSSR count). The topological polar surface area (TPSA) is 38.3 Å². The predicted molar refractivity (Wildman–Crippen MR) is 62.8 cm³/mol. The molecule has 0 aromatic rings. The number of nitrogens with one attached hydrogen (secondary N) is 1. The van der Waals surface area contributed by atoms with Gasteiger partial charge < -0.3 is 10.1 Å². The zero-order valence-electron chi connectivity index (χ0n) is 10.5. The summed E-state index contributed by atoms with van der Waals surface area (Å²) >= 11 is 0. The normalized spacial score (nSPS) is 14.7. The van der Waals surface area contributed by atoms with Crippen molar-refractivity contribution in [2.24, 2.45) is 0 Å². The second-order valence-corrected chi connectivity index (χ2v) is 3.77. The molecule has 0 heterocycles. The van der Waals surface area contributed by atoms with Crippen LogP contribution in [0.3, 0.4) is 0 Å². The molecule has 0 spiro atoms. The minimum atomic E-state index is -0.138. The fourth-order valence-corrected chi connectivity index (χ4v) is 1.63. The van der Waals surface area contributed by atoms with E-state index in [1.165, 1.54) is 0 Å². The molecule has 0 radical (unpaired) electrons. The highest BCUT2D eigenvalue weighted by Crippen LogP contribution is 2.05. The molecule has 0 aromatic heterocycles. The first-order chi connectivity index (χ1) is 7.19. The minimum absolute atomic E-state index is 0.116. The molecule has 0 aliphatic rings. The van der Waals surface area contributed by atoms with E-state index >= 15 is 0 Å². The molecule has 90 valence electrons. The Balaban J connectivity index is 4.10. The lowest BCUT2D eigenvalue weighted by atomic mass is 10.1. The smallest absolute Gasteiger partial charge is 0.323 e. The first-order valence-corrected chi connectivity index (χ1v) is 6.12. The largest absolute Gasteiger partial charge is 0.465 e.